The molecular formula is C26H35NO3. The number of hydrogen-bond acceptors (Lipinski definition) is 4. The number of Topliss-reactive ketones (excluding diaryl/α,β-unsaturated/α-hetero) is 1. The van der Waals surface area contributed by atoms with Gasteiger partial charge in [-0.05, 0) is 81.2 Å². The van der Waals surface area contributed by atoms with Gasteiger partial charge in [0.1, 0.15) is 11.5 Å². The Bertz CT molecular complexity index is 846. The van der Waals surface area contributed by atoms with Crippen molar-refractivity contribution in [3.8, 4) is 11.5 Å². The summed E-state index contributed by atoms with van der Waals surface area (Å²) in [5.74, 6) is 0.613. The van der Waals surface area contributed by atoms with Gasteiger partial charge in [0.15, 0.2) is 5.78 Å². The average Bonchev–Trinajstić information content (AvgIpc) is 2.75. The number of phenolic OH excluding ortho intramolecular Hbond substituents is 2. The first-order valence-corrected chi connectivity index (χ1v) is 11.2. The van der Waals surface area contributed by atoms with Crippen LogP contribution in [-0.2, 0) is 5.41 Å². The van der Waals surface area contributed by atoms with Gasteiger partial charge in [0.25, 0.3) is 0 Å². The molecule has 4 nitrogen and oxygen atoms in total. The van der Waals surface area contributed by atoms with E-state index in [1.54, 1.807) is 36.4 Å². The number of rotatable bonds is 8. The van der Waals surface area contributed by atoms with Crippen molar-refractivity contribution in [3.63, 3.8) is 0 Å². The third kappa shape index (κ3) is 4.24. The molecule has 2 unspecified atom stereocenters. The molecule has 2 N–H and O–H groups in total. The van der Waals surface area contributed by atoms with Gasteiger partial charge in [-0.2, -0.15) is 0 Å². The molecule has 3 rings (SSSR count). The van der Waals surface area contributed by atoms with Crippen molar-refractivity contribution in [2.24, 2.45) is 0 Å². The fourth-order valence-electron chi connectivity index (χ4n) is 5.58. The van der Waals surface area contributed by atoms with Crippen LogP contribution in [0.5, 0.6) is 11.5 Å². The Hall–Kier alpha value is -2.33. The van der Waals surface area contributed by atoms with Crippen LogP contribution in [0.15, 0.2) is 48.5 Å². The fourth-order valence-corrected chi connectivity index (χ4v) is 5.58. The van der Waals surface area contributed by atoms with E-state index in [0.29, 0.717) is 17.7 Å². The fraction of sp³-hybridized carbons (Fsp3) is 0.500. The van der Waals surface area contributed by atoms with Gasteiger partial charge in [-0.3, -0.25) is 9.69 Å². The van der Waals surface area contributed by atoms with Gasteiger partial charge in [0, 0.05) is 22.9 Å². The molecule has 0 saturated heterocycles. The van der Waals surface area contributed by atoms with Crippen LogP contribution in [0.1, 0.15) is 74.7 Å². The third-order valence-electron chi connectivity index (χ3n) is 7.45. The number of carbonyl (C=O) groups is 1. The molecule has 30 heavy (non-hydrogen) atoms. The molecule has 2 aromatic carbocycles. The van der Waals surface area contributed by atoms with Gasteiger partial charge >= 0.3 is 0 Å². The SMILES string of the molecule is CCC1(N(C)CCCC(=O)c2ccc(O)cc2)CCCCC1(C)c1ccc(O)cc1. The molecular weight excluding hydrogens is 374 g/mol. The minimum atomic E-state index is 0.00339. The van der Waals surface area contributed by atoms with E-state index >= 15 is 0 Å². The molecule has 1 aliphatic rings. The predicted molar refractivity (Wildman–Crippen MR) is 121 cm³/mol. The molecule has 0 aliphatic heterocycles. The second-order valence-electron chi connectivity index (χ2n) is 8.97. The largest absolute Gasteiger partial charge is 0.508 e. The Labute approximate surface area is 180 Å². The van der Waals surface area contributed by atoms with E-state index in [1.165, 1.54) is 18.4 Å². The van der Waals surface area contributed by atoms with E-state index in [2.05, 4.69) is 37.9 Å². The van der Waals surface area contributed by atoms with Crippen LogP contribution in [0.2, 0.25) is 0 Å². The molecule has 0 spiro atoms. The molecule has 0 heterocycles. The lowest BCUT2D eigenvalue weighted by Crippen LogP contribution is -2.61. The zero-order chi connectivity index (χ0) is 21.8. The lowest BCUT2D eigenvalue weighted by Gasteiger charge is -2.57. The van der Waals surface area contributed by atoms with E-state index in [1.807, 2.05) is 0 Å². The monoisotopic (exact) mass is 409 g/mol. The van der Waals surface area contributed by atoms with Gasteiger partial charge in [-0.25, -0.2) is 0 Å². The first-order valence-electron chi connectivity index (χ1n) is 11.2. The third-order valence-corrected chi connectivity index (χ3v) is 7.45. The summed E-state index contributed by atoms with van der Waals surface area (Å²) in [6.45, 7) is 5.52. The van der Waals surface area contributed by atoms with E-state index in [0.717, 1.165) is 32.2 Å². The standard InChI is InChI=1S/C26H35NO3/c1-4-26(18-6-5-17-25(26,2)21-11-15-23(29)16-12-21)27(3)19-7-8-24(30)20-9-13-22(28)14-10-20/h9-16,28-29H,4-8,17-19H2,1-3H3. The van der Waals surface area contributed by atoms with Gasteiger partial charge in [0.2, 0.25) is 0 Å². The van der Waals surface area contributed by atoms with Crippen molar-refractivity contribution in [2.75, 3.05) is 13.6 Å². The van der Waals surface area contributed by atoms with Gasteiger partial charge in [-0.1, -0.05) is 38.8 Å². The van der Waals surface area contributed by atoms with Crippen LogP contribution >= 0.6 is 0 Å². The van der Waals surface area contributed by atoms with Crippen LogP contribution in [-0.4, -0.2) is 40.0 Å². The maximum atomic E-state index is 12.5. The normalized spacial score (nSPS) is 24.1. The topological polar surface area (TPSA) is 60.8 Å². The smallest absolute Gasteiger partial charge is 0.162 e. The number of phenols is 2. The summed E-state index contributed by atoms with van der Waals surface area (Å²) < 4.78 is 0. The molecule has 2 aromatic rings. The number of nitrogens with zero attached hydrogens (tertiary/aromatic N) is 1. The van der Waals surface area contributed by atoms with Gasteiger partial charge in [-0.15, -0.1) is 0 Å². The average molecular weight is 410 g/mol. The first kappa shape index (κ1) is 22.4. The van der Waals surface area contributed by atoms with Crippen molar-refractivity contribution < 1.29 is 15.0 Å². The highest BCUT2D eigenvalue weighted by Gasteiger charge is 2.51. The highest BCUT2D eigenvalue weighted by atomic mass is 16.3. The Morgan fingerprint density at radius 3 is 2.13 bits per heavy atom. The van der Waals surface area contributed by atoms with Crippen LogP contribution in [0.3, 0.4) is 0 Å². The zero-order valence-corrected chi connectivity index (χ0v) is 18.5. The van der Waals surface area contributed by atoms with Crippen molar-refractivity contribution >= 4 is 5.78 Å². The Morgan fingerprint density at radius 1 is 0.967 bits per heavy atom. The number of aromatic hydroxyl groups is 2. The van der Waals surface area contributed by atoms with E-state index in [-0.39, 0.29) is 22.5 Å². The molecule has 2 atom stereocenters. The van der Waals surface area contributed by atoms with E-state index in [9.17, 15) is 15.0 Å². The number of benzene rings is 2. The number of carbonyl (C=O) groups excluding carboxylic acids is 1. The summed E-state index contributed by atoms with van der Waals surface area (Å²) in [4.78, 5) is 15.0. The lowest BCUT2D eigenvalue weighted by molar-refractivity contribution is -0.00322. The van der Waals surface area contributed by atoms with Crippen LogP contribution in [0.25, 0.3) is 0 Å². The summed E-state index contributed by atoms with van der Waals surface area (Å²) in [6.07, 6.45) is 7.07. The second kappa shape index (κ2) is 9.22. The Kier molecular flexibility index (Phi) is 6.87. The summed E-state index contributed by atoms with van der Waals surface area (Å²) in [5.41, 5.74) is 1.98. The van der Waals surface area contributed by atoms with Crippen molar-refractivity contribution in [1.29, 1.82) is 0 Å². The van der Waals surface area contributed by atoms with Crippen LogP contribution in [0, 0.1) is 0 Å². The highest BCUT2D eigenvalue weighted by molar-refractivity contribution is 5.96. The second-order valence-corrected chi connectivity index (χ2v) is 8.97. The molecule has 0 amide bonds. The Morgan fingerprint density at radius 2 is 1.53 bits per heavy atom. The molecule has 0 aromatic heterocycles. The lowest BCUT2D eigenvalue weighted by atomic mass is 9.57. The molecule has 1 fully saturated rings. The van der Waals surface area contributed by atoms with Crippen molar-refractivity contribution in [2.45, 2.75) is 69.7 Å². The molecule has 4 heteroatoms. The number of ketones is 1. The maximum absolute atomic E-state index is 12.5. The molecule has 0 bridgehead atoms. The van der Waals surface area contributed by atoms with E-state index in [4.69, 9.17) is 0 Å². The highest BCUT2D eigenvalue weighted by Crippen LogP contribution is 2.51. The quantitative estimate of drug-likeness (QED) is 0.551. The zero-order valence-electron chi connectivity index (χ0n) is 18.5. The minimum absolute atomic E-state index is 0.00339. The van der Waals surface area contributed by atoms with Crippen molar-refractivity contribution in [1.82, 2.24) is 4.90 Å². The number of likely N-dealkylation sites (N-methyl/N-ethyl adjacent to an activating group) is 1. The Balaban J connectivity index is 1.73. The summed E-state index contributed by atoms with van der Waals surface area (Å²) >= 11 is 0. The van der Waals surface area contributed by atoms with Crippen molar-refractivity contribution in [3.05, 3.63) is 59.7 Å². The molecule has 1 aliphatic carbocycles. The van der Waals surface area contributed by atoms with Gasteiger partial charge in [0.05, 0.1) is 0 Å². The van der Waals surface area contributed by atoms with Gasteiger partial charge < -0.3 is 10.2 Å². The van der Waals surface area contributed by atoms with E-state index < -0.39 is 0 Å². The molecule has 1 saturated carbocycles. The van der Waals surface area contributed by atoms with Crippen LogP contribution in [0.4, 0.5) is 0 Å². The summed E-state index contributed by atoms with van der Waals surface area (Å²) in [6, 6.07) is 14.3. The van der Waals surface area contributed by atoms with Crippen LogP contribution < -0.4 is 0 Å². The number of hydrogen-bond donors (Lipinski definition) is 2. The maximum Gasteiger partial charge on any atom is 0.162 e. The predicted octanol–water partition coefficient (Wildman–Crippen LogP) is 5.67. The molecule has 162 valence electrons. The molecule has 0 radical (unpaired) electrons. The first-order chi connectivity index (χ1) is 14.3. The minimum Gasteiger partial charge on any atom is -0.508 e. The summed E-state index contributed by atoms with van der Waals surface area (Å²) in [5, 5.41) is 19.2. The summed E-state index contributed by atoms with van der Waals surface area (Å²) in [7, 11) is 2.21.